The second-order valence-electron chi connectivity index (χ2n) is 8.97. The van der Waals surface area contributed by atoms with Crippen LogP contribution in [-0.4, -0.2) is 86.8 Å². The van der Waals surface area contributed by atoms with Gasteiger partial charge in [-0.3, -0.25) is 10.1 Å². The predicted molar refractivity (Wildman–Crippen MR) is 123 cm³/mol. The van der Waals surface area contributed by atoms with Crippen LogP contribution < -0.4 is 27.2 Å². The molecular weight excluding hydrogens is 426 g/mol. The number of hydrogen-bond donors (Lipinski definition) is 6. The highest BCUT2D eigenvalue weighted by Gasteiger charge is 2.36. The number of aromatic nitrogens is 3. The van der Waals surface area contributed by atoms with Crippen molar-refractivity contribution in [3.63, 3.8) is 0 Å². The van der Waals surface area contributed by atoms with Gasteiger partial charge in [-0.2, -0.15) is 10.6 Å². The Morgan fingerprint density at radius 1 is 1.33 bits per heavy atom. The zero-order chi connectivity index (χ0) is 23.5. The molecule has 4 rings (SSSR count). The molecule has 4 heterocycles. The topological polar surface area (TPSA) is 170 Å². The van der Waals surface area contributed by atoms with Gasteiger partial charge < -0.3 is 31.6 Å². The Balaban J connectivity index is 1.59. The summed E-state index contributed by atoms with van der Waals surface area (Å²) in [5.41, 5.74) is 16.7. The predicted octanol–water partition coefficient (Wildman–Crippen LogP) is -1.16. The molecule has 2 aliphatic rings. The Morgan fingerprint density at radius 3 is 2.85 bits per heavy atom. The number of nitrogens with two attached hydrogens (primary N) is 2. The molecule has 0 saturated carbocycles. The molecule has 2 aromatic rings. The van der Waals surface area contributed by atoms with E-state index in [2.05, 4.69) is 10.2 Å². The molecule has 2 saturated heterocycles. The zero-order valence-corrected chi connectivity index (χ0v) is 19.0. The van der Waals surface area contributed by atoms with Gasteiger partial charge in [0.05, 0.1) is 24.5 Å². The van der Waals surface area contributed by atoms with Crippen LogP contribution in [0.25, 0.3) is 5.65 Å². The minimum Gasteiger partial charge on any atom is -0.395 e. The summed E-state index contributed by atoms with van der Waals surface area (Å²) in [7, 11) is 0. The first-order valence-electron chi connectivity index (χ1n) is 11.6. The van der Waals surface area contributed by atoms with Gasteiger partial charge in [-0.15, -0.1) is 0 Å². The Bertz CT molecular complexity index is 968. The molecule has 8 N–H and O–H groups in total. The van der Waals surface area contributed by atoms with E-state index >= 15 is 0 Å². The highest BCUT2D eigenvalue weighted by atomic mass is 16.5. The van der Waals surface area contributed by atoms with E-state index in [0.29, 0.717) is 6.54 Å². The molecule has 33 heavy (non-hydrogen) atoms. The van der Waals surface area contributed by atoms with Crippen molar-refractivity contribution < 1.29 is 15.1 Å². The molecule has 12 nitrogen and oxygen atoms in total. The standard InChI is InChI=1S/C21H35N9O3/c1-13-11-30-17(25-20(13)28-8-5-14(22)12-28)10-15(26-30)16-4-2-3-7-29(16)21(32)18(27-33)19(23)24-6-9-31/h10-11,14,16,18-19,24,27,31,33H,2-9,12,22-23H2,1H3/t14-,16-,18?,19?/m0/s1. The number of amides is 1. The van der Waals surface area contributed by atoms with Gasteiger partial charge in [-0.25, -0.2) is 9.50 Å². The number of carbonyl (C=O) groups excluding carboxylic acids is 1. The minimum atomic E-state index is -1.04. The summed E-state index contributed by atoms with van der Waals surface area (Å²) in [5, 5.41) is 26.2. The Labute approximate surface area is 192 Å². The van der Waals surface area contributed by atoms with Crippen LogP contribution >= 0.6 is 0 Å². The fourth-order valence-electron chi connectivity index (χ4n) is 4.80. The molecule has 0 bridgehead atoms. The SMILES string of the molecule is Cc1cn2nc([C@@H]3CCCCN3C(=O)C(NO)C(N)NCCO)cc2nc1N1CC[C@H](N)C1. The van der Waals surface area contributed by atoms with Crippen molar-refractivity contribution in [3.8, 4) is 0 Å². The van der Waals surface area contributed by atoms with Crippen molar-refractivity contribution in [1.82, 2.24) is 30.3 Å². The van der Waals surface area contributed by atoms with Crippen LogP contribution in [0.5, 0.6) is 0 Å². The summed E-state index contributed by atoms with van der Waals surface area (Å²) in [6.45, 7) is 4.34. The number of aryl methyl sites for hydroxylation is 1. The van der Waals surface area contributed by atoms with Crippen molar-refractivity contribution in [3.05, 3.63) is 23.5 Å². The maximum atomic E-state index is 13.3. The third-order valence-electron chi connectivity index (χ3n) is 6.53. The van der Waals surface area contributed by atoms with Crippen molar-refractivity contribution in [2.24, 2.45) is 11.5 Å². The number of rotatable bonds is 8. The van der Waals surface area contributed by atoms with Crippen LogP contribution in [0.4, 0.5) is 5.82 Å². The Kier molecular flexibility index (Phi) is 7.41. The van der Waals surface area contributed by atoms with Gasteiger partial charge in [0.2, 0.25) is 5.91 Å². The van der Waals surface area contributed by atoms with Crippen molar-refractivity contribution >= 4 is 17.4 Å². The highest BCUT2D eigenvalue weighted by molar-refractivity contribution is 5.83. The molecule has 12 heteroatoms. The maximum Gasteiger partial charge on any atom is 0.245 e. The highest BCUT2D eigenvalue weighted by Crippen LogP contribution is 2.32. The molecule has 0 spiro atoms. The monoisotopic (exact) mass is 461 g/mol. The van der Waals surface area contributed by atoms with Crippen molar-refractivity contribution in [2.75, 3.05) is 37.7 Å². The van der Waals surface area contributed by atoms with Crippen LogP contribution in [0.2, 0.25) is 0 Å². The number of anilines is 1. The molecule has 1 amide bonds. The van der Waals surface area contributed by atoms with Gasteiger partial charge in [-0.1, -0.05) is 0 Å². The van der Waals surface area contributed by atoms with Gasteiger partial charge in [0.1, 0.15) is 11.9 Å². The molecule has 2 aromatic heterocycles. The lowest BCUT2D eigenvalue weighted by Crippen LogP contribution is -2.61. The number of nitrogens with zero attached hydrogens (tertiary/aromatic N) is 5. The van der Waals surface area contributed by atoms with Gasteiger partial charge in [0, 0.05) is 50.0 Å². The van der Waals surface area contributed by atoms with Crippen molar-refractivity contribution in [2.45, 2.75) is 56.9 Å². The first-order chi connectivity index (χ1) is 15.9. The average Bonchev–Trinajstić information content (AvgIpc) is 3.43. The second-order valence-corrected chi connectivity index (χ2v) is 8.97. The lowest BCUT2D eigenvalue weighted by Gasteiger charge is -2.37. The smallest absolute Gasteiger partial charge is 0.245 e. The van der Waals surface area contributed by atoms with Gasteiger partial charge >= 0.3 is 0 Å². The molecule has 0 aromatic carbocycles. The Morgan fingerprint density at radius 2 is 2.15 bits per heavy atom. The van der Waals surface area contributed by atoms with E-state index in [4.69, 9.17) is 26.7 Å². The molecule has 2 unspecified atom stereocenters. The van der Waals surface area contributed by atoms with Crippen LogP contribution in [0.15, 0.2) is 12.3 Å². The van der Waals surface area contributed by atoms with E-state index in [1.54, 1.807) is 9.42 Å². The number of aliphatic hydroxyl groups is 1. The third kappa shape index (κ3) is 4.95. The first kappa shape index (κ1) is 23.8. The molecule has 2 fully saturated rings. The Hall–Kier alpha value is -2.35. The lowest BCUT2D eigenvalue weighted by molar-refractivity contribution is -0.141. The number of carbonyl (C=O) groups is 1. The number of aliphatic hydroxyl groups excluding tert-OH is 1. The number of hydroxylamine groups is 1. The quantitative estimate of drug-likeness (QED) is 0.208. The third-order valence-corrected chi connectivity index (χ3v) is 6.53. The maximum absolute atomic E-state index is 13.3. The number of likely N-dealkylation sites (tertiary alicyclic amines) is 1. The summed E-state index contributed by atoms with van der Waals surface area (Å²) in [4.78, 5) is 22.1. The van der Waals surface area contributed by atoms with Gasteiger partial charge in [0.15, 0.2) is 5.65 Å². The minimum absolute atomic E-state index is 0.120. The number of hydrogen-bond acceptors (Lipinski definition) is 10. The summed E-state index contributed by atoms with van der Waals surface area (Å²) >= 11 is 0. The fraction of sp³-hybridized carbons (Fsp3) is 0.667. The summed E-state index contributed by atoms with van der Waals surface area (Å²) in [6, 6.07) is 0.815. The second kappa shape index (κ2) is 10.3. The number of fused-ring (bicyclic) bond motifs is 1. The zero-order valence-electron chi connectivity index (χ0n) is 19.0. The van der Waals surface area contributed by atoms with E-state index in [1.165, 1.54) is 0 Å². The van der Waals surface area contributed by atoms with Gasteiger partial charge in [0.25, 0.3) is 0 Å². The van der Waals surface area contributed by atoms with E-state index in [0.717, 1.165) is 61.5 Å². The summed E-state index contributed by atoms with van der Waals surface area (Å²) in [6.07, 6.45) is 4.66. The summed E-state index contributed by atoms with van der Waals surface area (Å²) < 4.78 is 1.76. The molecule has 2 aliphatic heterocycles. The molecule has 0 radical (unpaired) electrons. The number of nitrogens with one attached hydrogen (secondary N) is 2. The van der Waals surface area contributed by atoms with E-state index in [9.17, 15) is 10.0 Å². The lowest BCUT2D eigenvalue weighted by atomic mass is 9.98. The van der Waals surface area contributed by atoms with Crippen molar-refractivity contribution in [1.29, 1.82) is 0 Å². The fourth-order valence-corrected chi connectivity index (χ4v) is 4.80. The van der Waals surface area contributed by atoms with Gasteiger partial charge in [-0.05, 0) is 32.6 Å². The molecule has 182 valence electrons. The van der Waals surface area contributed by atoms with E-state index in [-0.39, 0.29) is 31.1 Å². The first-order valence-corrected chi connectivity index (χ1v) is 11.6. The number of piperidine rings is 1. The molecule has 0 aliphatic carbocycles. The summed E-state index contributed by atoms with van der Waals surface area (Å²) in [5.74, 6) is 0.608. The normalized spacial score (nSPS) is 23.3. The van der Waals surface area contributed by atoms with Crippen LogP contribution in [0, 0.1) is 6.92 Å². The largest absolute Gasteiger partial charge is 0.395 e. The van der Waals surface area contributed by atoms with E-state index in [1.807, 2.05) is 24.7 Å². The van der Waals surface area contributed by atoms with E-state index < -0.39 is 12.2 Å². The molecular formula is C21H35N9O3. The van der Waals surface area contributed by atoms with Crippen LogP contribution in [-0.2, 0) is 4.79 Å². The molecule has 4 atom stereocenters. The van der Waals surface area contributed by atoms with Crippen LogP contribution in [0.1, 0.15) is 43.0 Å². The average molecular weight is 462 g/mol. The van der Waals surface area contributed by atoms with Crippen LogP contribution in [0.3, 0.4) is 0 Å².